The first-order chi connectivity index (χ1) is 21.9. The normalized spacial score (nSPS) is 20.8. The fourth-order valence-corrected chi connectivity index (χ4v) is 7.48. The molecule has 3 fully saturated rings. The van der Waals surface area contributed by atoms with E-state index in [9.17, 15) is 15.2 Å². The highest BCUT2D eigenvalue weighted by Crippen LogP contribution is 2.40. The molecule has 228 valence electrons. The van der Waals surface area contributed by atoms with Crippen molar-refractivity contribution >= 4 is 28.0 Å². The van der Waals surface area contributed by atoms with Gasteiger partial charge in [0.2, 0.25) is 0 Å². The molecule has 2 aromatic carbocycles. The number of carbonyl (C=O) groups is 1. The van der Waals surface area contributed by atoms with Crippen molar-refractivity contribution in [1.82, 2.24) is 24.0 Å². The molecule has 4 heterocycles. The number of aromatic nitrogens is 4. The van der Waals surface area contributed by atoms with Gasteiger partial charge in [0.05, 0.1) is 42.3 Å². The van der Waals surface area contributed by atoms with Gasteiger partial charge >= 0.3 is 0 Å². The Balaban J connectivity index is 1.24. The van der Waals surface area contributed by atoms with Crippen LogP contribution in [0.4, 0.5) is 0 Å². The van der Waals surface area contributed by atoms with E-state index in [4.69, 9.17) is 20.4 Å². The molecule has 1 aliphatic heterocycles. The summed E-state index contributed by atoms with van der Waals surface area (Å²) in [5, 5.41) is 20.3. The lowest BCUT2D eigenvalue weighted by molar-refractivity contribution is 0.0700. The summed E-state index contributed by atoms with van der Waals surface area (Å²) in [5.41, 5.74) is 13.0. The molecule has 1 saturated heterocycles. The topological polar surface area (TPSA) is 135 Å². The van der Waals surface area contributed by atoms with E-state index in [1.165, 1.54) is 12.8 Å². The third-order valence-electron chi connectivity index (χ3n) is 10.0. The maximum atomic E-state index is 13.7. The molecule has 1 amide bonds. The van der Waals surface area contributed by atoms with E-state index in [0.29, 0.717) is 46.3 Å². The average molecular weight is 602 g/mol. The van der Waals surface area contributed by atoms with Crippen LogP contribution in [0, 0.1) is 23.2 Å². The summed E-state index contributed by atoms with van der Waals surface area (Å²) in [6, 6.07) is 17.6. The zero-order chi connectivity index (χ0) is 31.0. The van der Waals surface area contributed by atoms with E-state index in [0.717, 1.165) is 58.7 Å². The Kier molecular flexibility index (Phi) is 6.45. The van der Waals surface area contributed by atoms with Crippen LogP contribution in [0.3, 0.4) is 0 Å². The number of nitriles is 1. The predicted molar refractivity (Wildman–Crippen MR) is 170 cm³/mol. The molecular formula is C35H35N7O3. The predicted octanol–water partition coefficient (Wildman–Crippen LogP) is 4.60. The molecule has 3 aliphatic rings. The van der Waals surface area contributed by atoms with Crippen LogP contribution in [0.1, 0.15) is 47.2 Å². The highest BCUT2D eigenvalue weighted by molar-refractivity contribution is 6.00. The molecule has 8 rings (SSSR count). The lowest BCUT2D eigenvalue weighted by atomic mass is 10.0. The summed E-state index contributed by atoms with van der Waals surface area (Å²) in [7, 11) is 3.61. The summed E-state index contributed by atoms with van der Waals surface area (Å²) in [6.45, 7) is 1.37. The first kappa shape index (κ1) is 27.8. The van der Waals surface area contributed by atoms with E-state index in [2.05, 4.69) is 22.8 Å². The van der Waals surface area contributed by atoms with E-state index >= 15 is 0 Å². The van der Waals surface area contributed by atoms with Crippen molar-refractivity contribution in [2.45, 2.75) is 50.9 Å². The van der Waals surface area contributed by atoms with Crippen LogP contribution in [0.5, 0.6) is 5.75 Å². The molecule has 5 aromatic rings. The second kappa shape index (κ2) is 10.4. The van der Waals surface area contributed by atoms with Crippen LogP contribution >= 0.6 is 0 Å². The Morgan fingerprint density at radius 2 is 1.96 bits per heavy atom. The van der Waals surface area contributed by atoms with Gasteiger partial charge in [-0.2, -0.15) is 5.26 Å². The molecule has 2 saturated carbocycles. The van der Waals surface area contributed by atoms with Crippen molar-refractivity contribution in [1.29, 1.82) is 5.26 Å². The monoisotopic (exact) mass is 601 g/mol. The Morgan fingerprint density at radius 3 is 2.64 bits per heavy atom. The molecule has 0 spiro atoms. The average Bonchev–Trinajstić information content (AvgIpc) is 3.47. The molecule has 10 heteroatoms. The van der Waals surface area contributed by atoms with Gasteiger partial charge < -0.3 is 29.6 Å². The van der Waals surface area contributed by atoms with Gasteiger partial charge in [0.1, 0.15) is 16.9 Å². The number of imidazole rings is 1. The van der Waals surface area contributed by atoms with Crippen molar-refractivity contribution in [3.63, 3.8) is 0 Å². The summed E-state index contributed by atoms with van der Waals surface area (Å²) in [6.07, 6.45) is 4.39. The number of nitrogens with zero attached hydrogens (tertiary/aromatic N) is 6. The van der Waals surface area contributed by atoms with Crippen LogP contribution in [-0.2, 0) is 20.2 Å². The quantitative estimate of drug-likeness (QED) is 0.278. The van der Waals surface area contributed by atoms with Crippen LogP contribution in [0.2, 0.25) is 0 Å². The Labute approximate surface area is 260 Å². The number of pyridine rings is 1. The molecule has 3 N–H and O–H groups in total. The number of fused-ring (bicyclic) bond motifs is 4. The summed E-state index contributed by atoms with van der Waals surface area (Å²) < 4.78 is 10.1. The highest BCUT2D eigenvalue weighted by Gasteiger charge is 2.47. The molecule has 3 aromatic heterocycles. The smallest absolute Gasteiger partial charge is 0.254 e. The number of aliphatic hydroxyl groups is 1. The third-order valence-corrected chi connectivity index (χ3v) is 10.0. The number of carbonyl (C=O) groups excluding carboxylic acids is 1. The first-order valence-electron chi connectivity index (χ1n) is 15.6. The number of methoxy groups -OCH3 is 1. The fourth-order valence-electron chi connectivity index (χ4n) is 7.48. The highest BCUT2D eigenvalue weighted by atomic mass is 16.5. The minimum atomic E-state index is -0.150. The number of benzene rings is 2. The molecule has 2 aliphatic carbocycles. The number of amides is 1. The number of piperidine rings is 1. The van der Waals surface area contributed by atoms with Gasteiger partial charge in [0.25, 0.3) is 5.91 Å². The Bertz CT molecular complexity index is 2050. The van der Waals surface area contributed by atoms with Gasteiger partial charge in [-0.15, -0.1) is 0 Å². The van der Waals surface area contributed by atoms with Gasteiger partial charge in [-0.1, -0.05) is 0 Å². The number of aryl methyl sites for hydroxylation is 1. The molecule has 3 unspecified atom stereocenters. The van der Waals surface area contributed by atoms with Gasteiger partial charge in [-0.25, -0.2) is 9.97 Å². The van der Waals surface area contributed by atoms with Crippen molar-refractivity contribution in [3.8, 4) is 34.6 Å². The Hall–Kier alpha value is -4.72. The van der Waals surface area contributed by atoms with E-state index in [-0.39, 0.29) is 24.6 Å². The number of rotatable bonds is 7. The largest absolute Gasteiger partial charge is 0.494 e. The van der Waals surface area contributed by atoms with Gasteiger partial charge in [0.15, 0.2) is 5.82 Å². The van der Waals surface area contributed by atoms with Crippen LogP contribution in [0.15, 0.2) is 48.5 Å². The summed E-state index contributed by atoms with van der Waals surface area (Å²) >= 11 is 0. The zero-order valence-corrected chi connectivity index (χ0v) is 25.4. The third kappa shape index (κ3) is 4.49. The standard InChI is InChI=1S/C35H35N7O3/c1-40-32-27(12-25(14-30(32)45-2)35(44)42-17-23-6-8-28(42)31(23)37)39-34(40)29-13-22-5-7-26(38-33(22)41(29)16-19-3-4-19)24-10-20(15-36)9-21(11-24)18-43/h5,7,9-14,19,23,28,31,43H,3-4,6,8,16-18,37H2,1-2H3. The fraction of sp³-hybridized carbons (Fsp3) is 0.371. The van der Waals surface area contributed by atoms with Crippen molar-refractivity contribution < 1.29 is 14.6 Å². The summed E-state index contributed by atoms with van der Waals surface area (Å²) in [4.78, 5) is 25.9. The second-order valence-corrected chi connectivity index (χ2v) is 12.9. The second-order valence-electron chi connectivity index (χ2n) is 12.9. The van der Waals surface area contributed by atoms with Crippen LogP contribution < -0.4 is 10.5 Å². The molecule has 10 nitrogen and oxygen atoms in total. The van der Waals surface area contributed by atoms with Crippen LogP contribution in [0.25, 0.3) is 44.8 Å². The van der Waals surface area contributed by atoms with Crippen molar-refractivity contribution in [2.75, 3.05) is 13.7 Å². The first-order valence-corrected chi connectivity index (χ1v) is 15.6. The number of nitrogens with two attached hydrogens (primary N) is 1. The van der Waals surface area contributed by atoms with Gasteiger partial charge in [-0.3, -0.25) is 4.79 Å². The van der Waals surface area contributed by atoms with E-state index in [1.54, 1.807) is 19.2 Å². The van der Waals surface area contributed by atoms with Crippen molar-refractivity contribution in [2.24, 2.45) is 24.6 Å². The van der Waals surface area contributed by atoms with Gasteiger partial charge in [0, 0.05) is 48.7 Å². The lowest BCUT2D eigenvalue weighted by Crippen LogP contribution is -2.41. The molecular weight excluding hydrogens is 566 g/mol. The molecule has 45 heavy (non-hydrogen) atoms. The Morgan fingerprint density at radius 1 is 1.11 bits per heavy atom. The zero-order valence-electron chi connectivity index (χ0n) is 25.4. The number of hydrogen-bond donors (Lipinski definition) is 2. The number of hydrogen-bond acceptors (Lipinski definition) is 7. The van der Waals surface area contributed by atoms with Crippen molar-refractivity contribution in [3.05, 3.63) is 65.2 Å². The SMILES string of the molecule is COc1cc(C(=O)N2CC3CCC2C3N)cc2nc(-c3cc4ccc(-c5cc(C#N)cc(CO)c5)nc4n3CC3CC3)n(C)c12. The van der Waals surface area contributed by atoms with Gasteiger partial charge in [-0.05, 0) is 91.6 Å². The number of ether oxygens (including phenoxy) is 1. The number of likely N-dealkylation sites (tertiary alicyclic amines) is 1. The van der Waals surface area contributed by atoms with E-state index in [1.807, 2.05) is 40.8 Å². The maximum absolute atomic E-state index is 13.7. The maximum Gasteiger partial charge on any atom is 0.254 e. The van der Waals surface area contributed by atoms with Crippen LogP contribution in [-0.4, -0.2) is 60.8 Å². The molecule has 0 radical (unpaired) electrons. The number of aliphatic hydroxyl groups excluding tert-OH is 1. The lowest BCUT2D eigenvalue weighted by Gasteiger charge is -2.27. The minimum absolute atomic E-state index is 0.0190. The van der Waals surface area contributed by atoms with E-state index < -0.39 is 0 Å². The molecule has 3 atom stereocenters. The summed E-state index contributed by atoms with van der Waals surface area (Å²) in [5.74, 6) is 2.30. The minimum Gasteiger partial charge on any atom is -0.494 e. The molecule has 2 bridgehead atoms.